The molecule has 1 fully saturated rings. The van der Waals surface area contributed by atoms with Crippen LogP contribution in [-0.2, 0) is 4.79 Å². The molecule has 0 saturated heterocycles. The lowest BCUT2D eigenvalue weighted by Gasteiger charge is -2.24. The summed E-state index contributed by atoms with van der Waals surface area (Å²) in [6.07, 6.45) is 2.54. The lowest BCUT2D eigenvalue weighted by Crippen LogP contribution is -2.41. The average Bonchev–Trinajstić information content (AvgIpc) is 3.25. The van der Waals surface area contributed by atoms with E-state index in [0.29, 0.717) is 12.1 Å². The highest BCUT2D eigenvalue weighted by Crippen LogP contribution is 2.26. The van der Waals surface area contributed by atoms with Gasteiger partial charge >= 0.3 is 0 Å². The van der Waals surface area contributed by atoms with Crippen LogP contribution in [0.1, 0.15) is 19.8 Å². The van der Waals surface area contributed by atoms with Gasteiger partial charge in [0.2, 0.25) is 5.91 Å². The SMILES string of the molecule is CC(CNCC(=O)Nc1ccccc1F)N(C)C1CC1. The first-order valence-corrected chi connectivity index (χ1v) is 7.05. The maximum atomic E-state index is 13.4. The Hall–Kier alpha value is -1.46. The van der Waals surface area contributed by atoms with Crippen molar-refractivity contribution in [2.75, 3.05) is 25.5 Å². The highest BCUT2D eigenvalue weighted by atomic mass is 19.1. The number of rotatable bonds is 7. The minimum absolute atomic E-state index is 0.192. The van der Waals surface area contributed by atoms with Crippen molar-refractivity contribution in [2.45, 2.75) is 31.8 Å². The van der Waals surface area contributed by atoms with Crippen molar-refractivity contribution in [3.63, 3.8) is 0 Å². The number of hydrogen-bond donors (Lipinski definition) is 2. The van der Waals surface area contributed by atoms with Crippen LogP contribution in [0.4, 0.5) is 10.1 Å². The third-order valence-corrected chi connectivity index (χ3v) is 3.69. The van der Waals surface area contributed by atoms with Gasteiger partial charge in [-0.15, -0.1) is 0 Å². The first-order valence-electron chi connectivity index (χ1n) is 7.05. The molecule has 0 aliphatic heterocycles. The van der Waals surface area contributed by atoms with E-state index in [1.54, 1.807) is 18.2 Å². The summed E-state index contributed by atoms with van der Waals surface area (Å²) >= 11 is 0. The Kier molecular flexibility index (Phi) is 5.09. The zero-order chi connectivity index (χ0) is 14.5. The fourth-order valence-corrected chi connectivity index (χ4v) is 2.14. The van der Waals surface area contributed by atoms with Crippen molar-refractivity contribution in [1.82, 2.24) is 10.2 Å². The molecular weight excluding hydrogens is 257 g/mol. The minimum Gasteiger partial charge on any atom is -0.322 e. The van der Waals surface area contributed by atoms with E-state index in [0.717, 1.165) is 6.54 Å². The van der Waals surface area contributed by atoms with Crippen molar-refractivity contribution >= 4 is 11.6 Å². The fourth-order valence-electron chi connectivity index (χ4n) is 2.14. The number of hydrogen-bond acceptors (Lipinski definition) is 3. The lowest BCUT2D eigenvalue weighted by atomic mass is 10.3. The van der Waals surface area contributed by atoms with Crippen LogP contribution in [-0.4, -0.2) is 43.0 Å². The summed E-state index contributed by atoms with van der Waals surface area (Å²) in [5, 5.41) is 5.67. The second-order valence-electron chi connectivity index (χ2n) is 5.40. The smallest absolute Gasteiger partial charge is 0.238 e. The van der Waals surface area contributed by atoms with Crippen LogP contribution in [0.2, 0.25) is 0 Å². The van der Waals surface area contributed by atoms with E-state index in [9.17, 15) is 9.18 Å². The summed E-state index contributed by atoms with van der Waals surface area (Å²) < 4.78 is 13.4. The number of amides is 1. The van der Waals surface area contributed by atoms with Gasteiger partial charge in [-0.05, 0) is 38.9 Å². The van der Waals surface area contributed by atoms with E-state index in [1.807, 2.05) is 0 Å². The van der Waals surface area contributed by atoms with Crippen LogP contribution in [0.25, 0.3) is 0 Å². The predicted octanol–water partition coefficient (Wildman–Crippen LogP) is 1.84. The summed E-state index contributed by atoms with van der Waals surface area (Å²) in [7, 11) is 2.11. The van der Waals surface area contributed by atoms with Crippen LogP contribution in [0.5, 0.6) is 0 Å². The van der Waals surface area contributed by atoms with Gasteiger partial charge in [0.25, 0.3) is 0 Å². The summed E-state index contributed by atoms with van der Waals surface area (Å²) in [4.78, 5) is 14.0. The number of anilines is 1. The van der Waals surface area contributed by atoms with E-state index in [2.05, 4.69) is 29.5 Å². The maximum absolute atomic E-state index is 13.4. The molecule has 0 heterocycles. The van der Waals surface area contributed by atoms with Gasteiger partial charge in [0.15, 0.2) is 0 Å². The number of likely N-dealkylation sites (N-methyl/N-ethyl adjacent to an activating group) is 1. The zero-order valence-electron chi connectivity index (χ0n) is 12.0. The largest absolute Gasteiger partial charge is 0.322 e. The van der Waals surface area contributed by atoms with Crippen molar-refractivity contribution in [3.8, 4) is 0 Å². The standard InChI is InChI=1S/C15H22FN3O/c1-11(19(2)12-7-8-12)9-17-10-15(20)18-14-6-4-3-5-13(14)16/h3-6,11-12,17H,7-10H2,1-2H3,(H,18,20). The van der Waals surface area contributed by atoms with Crippen molar-refractivity contribution in [3.05, 3.63) is 30.1 Å². The normalized spacial score (nSPS) is 16.2. The first-order chi connectivity index (χ1) is 9.58. The van der Waals surface area contributed by atoms with E-state index < -0.39 is 5.82 Å². The van der Waals surface area contributed by atoms with Gasteiger partial charge in [0, 0.05) is 18.6 Å². The molecular formula is C15H22FN3O. The summed E-state index contributed by atoms with van der Waals surface area (Å²) in [5.74, 6) is -0.640. The fraction of sp³-hybridized carbons (Fsp3) is 0.533. The molecule has 0 radical (unpaired) electrons. The molecule has 1 amide bonds. The summed E-state index contributed by atoms with van der Waals surface area (Å²) in [5.41, 5.74) is 0.224. The first kappa shape index (κ1) is 14.9. The molecule has 1 aliphatic rings. The maximum Gasteiger partial charge on any atom is 0.238 e. The van der Waals surface area contributed by atoms with E-state index >= 15 is 0 Å². The molecule has 1 unspecified atom stereocenters. The summed E-state index contributed by atoms with van der Waals surface area (Å²) in [6.45, 7) is 3.08. The quantitative estimate of drug-likeness (QED) is 0.800. The van der Waals surface area contributed by atoms with Gasteiger partial charge in [-0.1, -0.05) is 12.1 Å². The third kappa shape index (κ3) is 4.28. The number of nitrogens with zero attached hydrogens (tertiary/aromatic N) is 1. The topological polar surface area (TPSA) is 44.4 Å². The van der Waals surface area contributed by atoms with Crippen molar-refractivity contribution in [2.24, 2.45) is 0 Å². The predicted molar refractivity (Wildman–Crippen MR) is 78.1 cm³/mol. The Labute approximate surface area is 119 Å². The molecule has 2 N–H and O–H groups in total. The van der Waals surface area contributed by atoms with Crippen LogP contribution in [0.3, 0.4) is 0 Å². The number of halogens is 1. The average molecular weight is 279 g/mol. The van der Waals surface area contributed by atoms with E-state index in [4.69, 9.17) is 0 Å². The second kappa shape index (κ2) is 6.81. The molecule has 1 aromatic rings. The third-order valence-electron chi connectivity index (χ3n) is 3.69. The Bertz CT molecular complexity index is 462. The molecule has 0 aromatic heterocycles. The molecule has 20 heavy (non-hydrogen) atoms. The van der Waals surface area contributed by atoms with Crippen molar-refractivity contribution in [1.29, 1.82) is 0 Å². The van der Waals surface area contributed by atoms with E-state index in [1.165, 1.54) is 18.9 Å². The molecule has 1 aromatic carbocycles. The number of carbonyl (C=O) groups is 1. The zero-order valence-corrected chi connectivity index (χ0v) is 12.0. The molecule has 1 atom stereocenters. The van der Waals surface area contributed by atoms with Gasteiger partial charge < -0.3 is 10.6 Å². The highest BCUT2D eigenvalue weighted by Gasteiger charge is 2.28. The number of benzene rings is 1. The number of nitrogens with one attached hydrogen (secondary N) is 2. The minimum atomic E-state index is -0.414. The van der Waals surface area contributed by atoms with Crippen LogP contribution in [0, 0.1) is 5.82 Å². The Morgan fingerprint density at radius 1 is 1.45 bits per heavy atom. The van der Waals surface area contributed by atoms with Gasteiger partial charge in [0.05, 0.1) is 12.2 Å². The molecule has 5 heteroatoms. The molecule has 1 aliphatic carbocycles. The molecule has 110 valence electrons. The Balaban J connectivity index is 1.68. The molecule has 0 bridgehead atoms. The van der Waals surface area contributed by atoms with Crippen LogP contribution < -0.4 is 10.6 Å². The van der Waals surface area contributed by atoms with Crippen LogP contribution >= 0.6 is 0 Å². The molecule has 2 rings (SSSR count). The van der Waals surface area contributed by atoms with Gasteiger partial charge in [0.1, 0.15) is 5.82 Å². The van der Waals surface area contributed by atoms with Crippen molar-refractivity contribution < 1.29 is 9.18 Å². The van der Waals surface area contributed by atoms with E-state index in [-0.39, 0.29) is 18.1 Å². The highest BCUT2D eigenvalue weighted by molar-refractivity contribution is 5.92. The van der Waals surface area contributed by atoms with Crippen LogP contribution in [0.15, 0.2) is 24.3 Å². The number of para-hydroxylation sites is 1. The second-order valence-corrected chi connectivity index (χ2v) is 5.40. The van der Waals surface area contributed by atoms with Gasteiger partial charge in [-0.3, -0.25) is 9.69 Å². The molecule has 1 saturated carbocycles. The molecule has 4 nitrogen and oxygen atoms in total. The summed E-state index contributed by atoms with van der Waals surface area (Å²) in [6, 6.07) is 7.27. The van der Waals surface area contributed by atoms with Gasteiger partial charge in [-0.2, -0.15) is 0 Å². The monoisotopic (exact) mass is 279 g/mol. The van der Waals surface area contributed by atoms with Gasteiger partial charge in [-0.25, -0.2) is 4.39 Å². The molecule has 0 spiro atoms. The Morgan fingerprint density at radius 3 is 2.80 bits per heavy atom. The number of carbonyl (C=O) groups excluding carboxylic acids is 1. The Morgan fingerprint density at radius 2 is 2.15 bits per heavy atom. The lowest BCUT2D eigenvalue weighted by molar-refractivity contribution is -0.115.